The van der Waals surface area contributed by atoms with Gasteiger partial charge in [-0.25, -0.2) is 24.2 Å². The molecule has 1 amide bonds. The van der Waals surface area contributed by atoms with Crippen LogP contribution in [0.1, 0.15) is 10.4 Å². The maximum absolute atomic E-state index is 14.8. The van der Waals surface area contributed by atoms with Crippen LogP contribution in [0.2, 0.25) is 0 Å². The summed E-state index contributed by atoms with van der Waals surface area (Å²) in [4.78, 5) is 50.9. The summed E-state index contributed by atoms with van der Waals surface area (Å²) in [5, 5.41) is 10.5. The molecule has 1 fully saturated rings. The van der Waals surface area contributed by atoms with E-state index in [1.54, 1.807) is 4.90 Å². The Balaban J connectivity index is 1.79. The van der Waals surface area contributed by atoms with Crippen LogP contribution in [0.3, 0.4) is 0 Å². The predicted molar refractivity (Wildman–Crippen MR) is 103 cm³/mol. The number of hydrogen-bond acceptors (Lipinski definition) is 9. The van der Waals surface area contributed by atoms with Gasteiger partial charge in [-0.15, -0.1) is 0 Å². The van der Waals surface area contributed by atoms with Gasteiger partial charge in [-0.05, 0) is 6.07 Å². The van der Waals surface area contributed by atoms with Crippen molar-refractivity contribution in [1.29, 1.82) is 0 Å². The Morgan fingerprint density at radius 2 is 2.13 bits per heavy atom. The second-order valence-electron chi connectivity index (χ2n) is 6.56. The Bertz CT molecular complexity index is 1210. The Morgan fingerprint density at radius 1 is 1.40 bits per heavy atom. The van der Waals surface area contributed by atoms with E-state index in [4.69, 9.17) is 4.84 Å². The number of carboxylic acid groups (broad SMARTS) is 1. The largest absolute Gasteiger partial charge is 0.477 e. The Labute approximate surface area is 172 Å². The van der Waals surface area contributed by atoms with Crippen LogP contribution >= 0.6 is 11.5 Å². The van der Waals surface area contributed by atoms with E-state index in [0.717, 1.165) is 28.9 Å². The van der Waals surface area contributed by atoms with Gasteiger partial charge in [-0.1, -0.05) is 0 Å². The first-order valence-corrected chi connectivity index (χ1v) is 9.42. The number of nitrogens with zero attached hydrogens (tertiary/aromatic N) is 6. The molecule has 1 aliphatic heterocycles. The van der Waals surface area contributed by atoms with Gasteiger partial charge in [0.15, 0.2) is 17.3 Å². The maximum Gasteiger partial charge on any atom is 0.341 e. The van der Waals surface area contributed by atoms with Crippen molar-refractivity contribution in [3.8, 4) is 5.13 Å². The molecule has 4 rings (SSSR count). The first kappa shape index (κ1) is 19.8. The van der Waals surface area contributed by atoms with Crippen LogP contribution in [-0.4, -0.2) is 68.2 Å². The van der Waals surface area contributed by atoms with Crippen molar-refractivity contribution in [2.75, 3.05) is 32.1 Å². The lowest BCUT2D eigenvalue weighted by molar-refractivity contribution is -0.174. The number of rotatable bonds is 5. The molecule has 0 aromatic carbocycles. The zero-order chi connectivity index (χ0) is 21.6. The molecule has 0 unspecified atom stereocenters. The summed E-state index contributed by atoms with van der Waals surface area (Å²) < 4.78 is 20.0. The molecular weight excluding hydrogens is 419 g/mol. The van der Waals surface area contributed by atoms with Gasteiger partial charge in [-0.3, -0.25) is 19.0 Å². The highest BCUT2D eigenvalue weighted by Crippen LogP contribution is 2.29. The summed E-state index contributed by atoms with van der Waals surface area (Å²) in [5.74, 6) is -2.92. The van der Waals surface area contributed by atoms with Crippen molar-refractivity contribution in [3.63, 3.8) is 0 Å². The van der Waals surface area contributed by atoms with Crippen LogP contribution in [0, 0.1) is 11.7 Å². The molecule has 0 saturated carbocycles. The van der Waals surface area contributed by atoms with Crippen molar-refractivity contribution >= 4 is 40.3 Å². The molecule has 11 nitrogen and oxygen atoms in total. The first-order valence-electron chi connectivity index (χ1n) is 8.64. The Kier molecular flexibility index (Phi) is 4.91. The number of aromatic carboxylic acids is 1. The van der Waals surface area contributed by atoms with Gasteiger partial charge in [-0.2, -0.15) is 4.37 Å². The molecule has 13 heteroatoms. The predicted octanol–water partition coefficient (Wildman–Crippen LogP) is 0.530. The topological polar surface area (TPSA) is 131 Å². The lowest BCUT2D eigenvalue weighted by Crippen LogP contribution is -2.54. The van der Waals surface area contributed by atoms with E-state index in [1.807, 2.05) is 0 Å². The van der Waals surface area contributed by atoms with Crippen molar-refractivity contribution in [3.05, 3.63) is 40.2 Å². The number of anilines is 1. The second-order valence-corrected chi connectivity index (χ2v) is 7.31. The number of carboxylic acids is 1. The summed E-state index contributed by atoms with van der Waals surface area (Å²) in [6.45, 7) is 0.441. The molecule has 1 aliphatic rings. The minimum atomic E-state index is -1.45. The molecule has 156 valence electrons. The number of aromatic nitrogens is 4. The maximum atomic E-state index is 14.8. The zero-order valence-corrected chi connectivity index (χ0v) is 16.6. The number of halogens is 1. The lowest BCUT2D eigenvalue weighted by Gasteiger charge is -2.40. The minimum Gasteiger partial charge on any atom is -0.477 e. The standard InChI is InChI=1S/C17H15FN6O5S/c1-22(29-2)15(26)8-4-23(5-8)14-11(18)3-9-12(25)10(16(27)28)6-24(13(9)21-14)17-19-7-20-30-17/h3,6-8H,4-5H2,1-2H3,(H,27,28). The molecule has 0 radical (unpaired) electrons. The summed E-state index contributed by atoms with van der Waals surface area (Å²) in [7, 11) is 2.86. The van der Waals surface area contributed by atoms with Crippen LogP contribution in [-0.2, 0) is 9.63 Å². The van der Waals surface area contributed by atoms with E-state index in [1.165, 1.54) is 25.1 Å². The second kappa shape index (κ2) is 7.42. The van der Waals surface area contributed by atoms with Gasteiger partial charge in [0.05, 0.1) is 18.4 Å². The first-order chi connectivity index (χ1) is 14.3. The highest BCUT2D eigenvalue weighted by molar-refractivity contribution is 7.08. The van der Waals surface area contributed by atoms with E-state index in [0.29, 0.717) is 0 Å². The smallest absolute Gasteiger partial charge is 0.341 e. The summed E-state index contributed by atoms with van der Waals surface area (Å²) in [6.07, 6.45) is 2.37. The van der Waals surface area contributed by atoms with Crippen molar-refractivity contribution in [2.45, 2.75) is 0 Å². The molecular formula is C17H15FN6O5S. The van der Waals surface area contributed by atoms with Gasteiger partial charge in [0.25, 0.3) is 5.91 Å². The lowest BCUT2D eigenvalue weighted by atomic mass is 9.99. The highest BCUT2D eigenvalue weighted by atomic mass is 32.1. The number of pyridine rings is 2. The Morgan fingerprint density at radius 3 is 2.73 bits per heavy atom. The third kappa shape index (κ3) is 3.17. The van der Waals surface area contributed by atoms with Crippen molar-refractivity contribution < 1.29 is 23.9 Å². The molecule has 0 atom stereocenters. The van der Waals surface area contributed by atoms with Gasteiger partial charge in [0.1, 0.15) is 11.9 Å². The molecule has 3 aromatic heterocycles. The SMILES string of the molecule is CON(C)C(=O)C1CN(c2nc3c(cc2F)c(=O)c(C(=O)O)cn3-c2ncns2)C1. The van der Waals surface area contributed by atoms with Crippen LogP contribution in [0.15, 0.2) is 23.4 Å². The normalized spacial score (nSPS) is 14.0. The van der Waals surface area contributed by atoms with Crippen molar-refractivity contribution in [1.82, 2.24) is 24.0 Å². The molecule has 1 saturated heterocycles. The molecule has 0 aliphatic carbocycles. The van der Waals surface area contributed by atoms with Gasteiger partial charge in [0, 0.05) is 37.9 Å². The molecule has 0 spiro atoms. The fraction of sp³-hybridized carbons (Fsp3) is 0.294. The molecule has 3 aromatic rings. The van der Waals surface area contributed by atoms with E-state index in [-0.39, 0.29) is 46.9 Å². The molecule has 0 bridgehead atoms. The highest BCUT2D eigenvalue weighted by Gasteiger charge is 2.37. The number of hydroxylamine groups is 2. The number of fused-ring (bicyclic) bond motifs is 1. The Hall–Kier alpha value is -3.45. The third-order valence-electron chi connectivity index (χ3n) is 4.81. The summed E-state index contributed by atoms with van der Waals surface area (Å²) >= 11 is 0.961. The number of carbonyl (C=O) groups excluding carboxylic acids is 1. The number of hydrogen-bond donors (Lipinski definition) is 1. The van der Waals surface area contributed by atoms with Gasteiger partial charge >= 0.3 is 5.97 Å². The molecule has 1 N–H and O–H groups in total. The average molecular weight is 434 g/mol. The van der Waals surface area contributed by atoms with Gasteiger partial charge < -0.3 is 10.0 Å². The van der Waals surface area contributed by atoms with Gasteiger partial charge in [0.2, 0.25) is 10.6 Å². The molecule has 4 heterocycles. The van der Waals surface area contributed by atoms with Crippen molar-refractivity contribution in [2.24, 2.45) is 5.92 Å². The van der Waals surface area contributed by atoms with E-state index in [9.17, 15) is 23.9 Å². The van der Waals surface area contributed by atoms with E-state index < -0.39 is 22.8 Å². The average Bonchev–Trinajstić information content (AvgIpc) is 3.21. The zero-order valence-electron chi connectivity index (χ0n) is 15.8. The van der Waals surface area contributed by atoms with E-state index >= 15 is 0 Å². The summed E-state index contributed by atoms with van der Waals surface area (Å²) in [5.41, 5.74) is -1.35. The molecule has 30 heavy (non-hydrogen) atoms. The number of amides is 1. The fourth-order valence-electron chi connectivity index (χ4n) is 3.16. The van der Waals surface area contributed by atoms with Crippen LogP contribution in [0.25, 0.3) is 16.2 Å². The third-order valence-corrected chi connectivity index (χ3v) is 5.48. The minimum absolute atomic E-state index is 0.0435. The monoisotopic (exact) mass is 434 g/mol. The summed E-state index contributed by atoms with van der Waals surface area (Å²) in [6, 6.07) is 0.959. The van der Waals surface area contributed by atoms with Crippen LogP contribution < -0.4 is 10.3 Å². The van der Waals surface area contributed by atoms with E-state index in [2.05, 4.69) is 14.3 Å². The van der Waals surface area contributed by atoms with Crippen LogP contribution in [0.4, 0.5) is 10.2 Å². The number of carbonyl (C=O) groups is 2. The quantitative estimate of drug-likeness (QED) is 0.571. The van der Waals surface area contributed by atoms with Crippen LogP contribution in [0.5, 0.6) is 0 Å². The fourth-order valence-corrected chi connectivity index (χ4v) is 3.67.